The van der Waals surface area contributed by atoms with Gasteiger partial charge in [-0.2, -0.15) is 0 Å². The first-order valence-electron chi connectivity index (χ1n) is 15.0. The van der Waals surface area contributed by atoms with Gasteiger partial charge in [0.15, 0.2) is 0 Å². The molecule has 0 bridgehead atoms. The van der Waals surface area contributed by atoms with Crippen LogP contribution in [0.5, 0.6) is 0 Å². The largest absolute Gasteiger partial charge is 0.349 e. The molecule has 2 aliphatic carbocycles. The Morgan fingerprint density at radius 2 is 1.38 bits per heavy atom. The maximum atomic E-state index is 13.9. The van der Waals surface area contributed by atoms with Crippen LogP contribution in [0.15, 0.2) is 91.0 Å². The fourth-order valence-electron chi connectivity index (χ4n) is 7.07. The normalized spacial score (nSPS) is 26.2. The Kier molecular flexibility index (Phi) is 8.96. The second-order valence-electron chi connectivity index (χ2n) is 12.0. The summed E-state index contributed by atoms with van der Waals surface area (Å²) < 4.78 is 0. The summed E-state index contributed by atoms with van der Waals surface area (Å²) in [4.78, 5) is 27.3. The quantitative estimate of drug-likeness (QED) is 0.303. The summed E-state index contributed by atoms with van der Waals surface area (Å²) >= 11 is 0. The fraction of sp³-hybridized carbons (Fsp3) is 0.444. The van der Waals surface area contributed by atoms with E-state index in [2.05, 4.69) is 66.8 Å². The van der Waals surface area contributed by atoms with Crippen LogP contribution in [0.25, 0.3) is 0 Å². The first kappa shape index (κ1) is 27.4. The Hall–Kier alpha value is -3.20. The number of carbonyl (C=O) groups is 2. The van der Waals surface area contributed by atoms with Gasteiger partial charge in [0.25, 0.3) is 0 Å². The third kappa shape index (κ3) is 6.52. The van der Waals surface area contributed by atoms with E-state index >= 15 is 0 Å². The van der Waals surface area contributed by atoms with Crippen molar-refractivity contribution >= 4 is 11.7 Å². The van der Waals surface area contributed by atoms with E-state index in [4.69, 9.17) is 0 Å². The summed E-state index contributed by atoms with van der Waals surface area (Å²) in [7, 11) is 0. The van der Waals surface area contributed by atoms with Crippen molar-refractivity contribution in [3.05, 3.63) is 108 Å². The molecule has 0 aliphatic heterocycles. The highest BCUT2D eigenvalue weighted by molar-refractivity contribution is 5.89. The number of carbonyl (C=O) groups excluding carboxylic acids is 2. The molecular weight excluding hydrogens is 478 g/mol. The van der Waals surface area contributed by atoms with Crippen molar-refractivity contribution in [2.24, 2.45) is 11.8 Å². The van der Waals surface area contributed by atoms with E-state index < -0.39 is 5.41 Å². The molecule has 1 amide bonds. The number of ketones is 1. The lowest BCUT2D eigenvalue weighted by Gasteiger charge is -2.40. The van der Waals surface area contributed by atoms with Gasteiger partial charge < -0.3 is 5.32 Å². The zero-order valence-corrected chi connectivity index (χ0v) is 23.4. The molecule has 0 aromatic heterocycles. The van der Waals surface area contributed by atoms with Gasteiger partial charge in [-0.3, -0.25) is 9.59 Å². The van der Waals surface area contributed by atoms with Gasteiger partial charge in [0.2, 0.25) is 5.91 Å². The topological polar surface area (TPSA) is 46.2 Å². The van der Waals surface area contributed by atoms with Crippen LogP contribution in [0.2, 0.25) is 0 Å². The molecule has 204 valence electrons. The molecule has 2 fully saturated rings. The zero-order valence-electron chi connectivity index (χ0n) is 23.4. The van der Waals surface area contributed by atoms with Crippen LogP contribution < -0.4 is 5.32 Å². The fourth-order valence-corrected chi connectivity index (χ4v) is 7.07. The highest BCUT2D eigenvalue weighted by Crippen LogP contribution is 2.44. The Morgan fingerprint density at radius 1 is 0.769 bits per heavy atom. The molecule has 3 unspecified atom stereocenters. The lowest BCUT2D eigenvalue weighted by Crippen LogP contribution is -2.47. The van der Waals surface area contributed by atoms with Crippen LogP contribution in [0.4, 0.5) is 0 Å². The summed E-state index contributed by atoms with van der Waals surface area (Å²) in [6.07, 6.45) is 9.59. The lowest BCUT2D eigenvalue weighted by molar-refractivity contribution is -0.129. The van der Waals surface area contributed by atoms with E-state index in [-0.39, 0.29) is 17.9 Å². The molecule has 2 aliphatic rings. The first-order chi connectivity index (χ1) is 19.0. The number of benzene rings is 3. The molecule has 3 aromatic rings. The molecule has 3 aromatic carbocycles. The van der Waals surface area contributed by atoms with E-state index in [1.165, 1.54) is 12.0 Å². The zero-order chi connectivity index (χ0) is 27.1. The number of hydrogen-bond donors (Lipinski definition) is 1. The lowest BCUT2D eigenvalue weighted by atomic mass is 9.65. The van der Waals surface area contributed by atoms with Gasteiger partial charge in [0.05, 0.1) is 11.5 Å². The number of hydrogen-bond acceptors (Lipinski definition) is 2. The minimum atomic E-state index is -0.533. The Morgan fingerprint density at radius 3 is 2.05 bits per heavy atom. The van der Waals surface area contributed by atoms with Crippen LogP contribution in [-0.4, -0.2) is 11.7 Å². The highest BCUT2D eigenvalue weighted by atomic mass is 16.2. The standard InChI is InChI=1S/C36H43NO2/c1-27(29-12-5-2-6-13-29)37-35(39)36(33-18-9-4-10-19-33)24-22-28(23-25-36)26-34(38)32-17-11-16-31(20-21-32)30-14-7-3-8-15-30/h2-10,12-15,18-19,27-28,31-32H,11,16-17,20-26H2,1H3,(H,37,39). The summed E-state index contributed by atoms with van der Waals surface area (Å²) in [5, 5.41) is 3.33. The van der Waals surface area contributed by atoms with Crippen molar-refractivity contribution in [1.29, 1.82) is 0 Å². The maximum Gasteiger partial charge on any atom is 0.231 e. The molecule has 0 radical (unpaired) electrons. The molecule has 3 heteroatoms. The van der Waals surface area contributed by atoms with E-state index in [9.17, 15) is 9.59 Å². The van der Waals surface area contributed by atoms with Gasteiger partial charge in [-0.1, -0.05) is 97.4 Å². The Balaban J connectivity index is 1.21. The van der Waals surface area contributed by atoms with Gasteiger partial charge in [-0.25, -0.2) is 0 Å². The minimum Gasteiger partial charge on any atom is -0.349 e. The number of rotatable bonds is 8. The van der Waals surface area contributed by atoms with Gasteiger partial charge in [0.1, 0.15) is 5.78 Å². The molecule has 0 heterocycles. The third-order valence-corrected chi connectivity index (χ3v) is 9.55. The van der Waals surface area contributed by atoms with Crippen LogP contribution in [0, 0.1) is 11.8 Å². The van der Waals surface area contributed by atoms with Crippen molar-refractivity contribution < 1.29 is 9.59 Å². The Labute approximate surface area is 234 Å². The van der Waals surface area contributed by atoms with Gasteiger partial charge in [-0.15, -0.1) is 0 Å². The van der Waals surface area contributed by atoms with Gasteiger partial charge in [0, 0.05) is 12.3 Å². The molecule has 39 heavy (non-hydrogen) atoms. The van der Waals surface area contributed by atoms with Crippen LogP contribution in [0.1, 0.15) is 99.8 Å². The third-order valence-electron chi connectivity index (χ3n) is 9.55. The van der Waals surface area contributed by atoms with Crippen LogP contribution >= 0.6 is 0 Å². The second-order valence-corrected chi connectivity index (χ2v) is 12.0. The van der Waals surface area contributed by atoms with E-state index in [0.717, 1.165) is 62.5 Å². The molecule has 3 atom stereocenters. The molecule has 3 nitrogen and oxygen atoms in total. The predicted octanol–water partition coefficient (Wildman–Crippen LogP) is 8.32. The van der Waals surface area contributed by atoms with Crippen molar-refractivity contribution in [3.8, 4) is 0 Å². The van der Waals surface area contributed by atoms with E-state index in [0.29, 0.717) is 24.0 Å². The molecule has 5 rings (SSSR count). The van der Waals surface area contributed by atoms with Crippen molar-refractivity contribution in [2.75, 3.05) is 0 Å². The first-order valence-corrected chi connectivity index (χ1v) is 15.0. The van der Waals surface area contributed by atoms with Crippen LogP contribution in [-0.2, 0) is 15.0 Å². The summed E-state index contributed by atoms with van der Waals surface area (Å²) in [6.45, 7) is 2.06. The summed E-state index contributed by atoms with van der Waals surface area (Å²) in [5.74, 6) is 1.74. The highest BCUT2D eigenvalue weighted by Gasteiger charge is 2.44. The number of amides is 1. The summed E-state index contributed by atoms with van der Waals surface area (Å²) in [5.41, 5.74) is 3.11. The van der Waals surface area contributed by atoms with Crippen molar-refractivity contribution in [1.82, 2.24) is 5.32 Å². The van der Waals surface area contributed by atoms with E-state index in [1.807, 2.05) is 36.4 Å². The summed E-state index contributed by atoms with van der Waals surface area (Å²) in [6, 6.07) is 31.2. The Bertz CT molecular complexity index is 1200. The molecule has 0 saturated heterocycles. The van der Waals surface area contributed by atoms with Crippen molar-refractivity contribution in [2.45, 2.75) is 88.5 Å². The molecule has 0 spiro atoms. The van der Waals surface area contributed by atoms with Crippen LogP contribution in [0.3, 0.4) is 0 Å². The molecular formula is C36H43NO2. The minimum absolute atomic E-state index is 0.0477. The maximum absolute atomic E-state index is 13.9. The predicted molar refractivity (Wildman–Crippen MR) is 158 cm³/mol. The number of nitrogens with one attached hydrogen (secondary N) is 1. The average molecular weight is 522 g/mol. The van der Waals surface area contributed by atoms with Gasteiger partial charge in [-0.05, 0) is 86.8 Å². The second kappa shape index (κ2) is 12.8. The van der Waals surface area contributed by atoms with Gasteiger partial charge >= 0.3 is 0 Å². The van der Waals surface area contributed by atoms with E-state index in [1.54, 1.807) is 0 Å². The monoisotopic (exact) mass is 521 g/mol. The molecule has 2 saturated carbocycles. The SMILES string of the molecule is CC(NC(=O)C1(c2ccccc2)CCC(CC(=O)C2CCCC(c3ccccc3)CC2)CC1)c1ccccc1. The molecule has 1 N–H and O–H groups in total. The van der Waals surface area contributed by atoms with Crippen molar-refractivity contribution in [3.63, 3.8) is 0 Å². The smallest absolute Gasteiger partial charge is 0.231 e. The number of Topliss-reactive ketones (excluding diaryl/α,β-unsaturated/α-hetero) is 1. The average Bonchev–Trinajstić information content (AvgIpc) is 3.26.